The minimum atomic E-state index is -4.96. The molecule has 0 spiro atoms. The summed E-state index contributed by atoms with van der Waals surface area (Å²) in [5.74, 6) is -1.32. The summed E-state index contributed by atoms with van der Waals surface area (Å²) in [6, 6.07) is 0. The van der Waals surface area contributed by atoms with Crippen molar-refractivity contribution in [1.82, 2.24) is 0 Å². The van der Waals surface area contributed by atoms with Gasteiger partial charge in [0, 0.05) is 25.7 Å². The fourth-order valence-corrected chi connectivity index (χ4v) is 14.0. The van der Waals surface area contributed by atoms with E-state index < -0.39 is 97.5 Å². The Kier molecular flexibility index (Phi) is 71.6. The molecule has 0 saturated carbocycles. The highest BCUT2D eigenvalue weighted by molar-refractivity contribution is 7.47. The summed E-state index contributed by atoms with van der Waals surface area (Å²) < 4.78 is 68.6. The van der Waals surface area contributed by atoms with E-state index in [1.807, 2.05) is 0 Å². The van der Waals surface area contributed by atoms with Gasteiger partial charge >= 0.3 is 39.5 Å². The first-order chi connectivity index (χ1) is 48.0. The predicted octanol–water partition coefficient (Wildman–Crippen LogP) is 24.0. The van der Waals surface area contributed by atoms with Crippen LogP contribution < -0.4 is 0 Å². The monoisotopic (exact) mass is 1450 g/mol. The van der Waals surface area contributed by atoms with Crippen molar-refractivity contribution >= 4 is 39.5 Å². The Balaban J connectivity index is 5.20. The van der Waals surface area contributed by atoms with Crippen LogP contribution in [0.5, 0.6) is 0 Å². The first-order valence-electron chi connectivity index (χ1n) is 41.6. The van der Waals surface area contributed by atoms with Gasteiger partial charge in [0.2, 0.25) is 0 Å². The lowest BCUT2D eigenvalue weighted by Gasteiger charge is -2.21. The number of phosphoric ester groups is 2. The molecular formula is C80H156O17P2. The first-order valence-corrected chi connectivity index (χ1v) is 44.6. The van der Waals surface area contributed by atoms with E-state index in [0.29, 0.717) is 25.7 Å². The number of rotatable bonds is 80. The molecular weight excluding hydrogens is 1290 g/mol. The maximum absolute atomic E-state index is 13.1. The van der Waals surface area contributed by atoms with Gasteiger partial charge in [0.25, 0.3) is 0 Å². The van der Waals surface area contributed by atoms with Crippen molar-refractivity contribution < 1.29 is 80.2 Å². The van der Waals surface area contributed by atoms with E-state index >= 15 is 0 Å². The molecule has 0 fully saturated rings. The predicted molar refractivity (Wildman–Crippen MR) is 405 cm³/mol. The van der Waals surface area contributed by atoms with Gasteiger partial charge in [-0.05, 0) is 31.6 Å². The van der Waals surface area contributed by atoms with E-state index in [1.165, 1.54) is 250 Å². The van der Waals surface area contributed by atoms with Crippen molar-refractivity contribution in [1.29, 1.82) is 0 Å². The van der Waals surface area contributed by atoms with Gasteiger partial charge in [-0.3, -0.25) is 37.3 Å². The standard InChI is InChI=1S/C80H156O17P2/c1-6-9-12-15-18-21-23-25-26-27-28-29-30-31-32-36-41-46-51-56-61-66-80(85)97-76(70-91-78(83)64-59-54-49-44-39-37-33-35-38-43-47-52-57-62-73(4)5)72-95-99(88,89)93-68-74(81)67-92-98(86,87)94-71-75(69-90-77(82)63-58-53-48-42-20-17-14-11-8-3)96-79(84)65-60-55-50-45-40-34-24-22-19-16-13-10-7-2/h73-76,81H,6-72H2,1-5H3,(H,86,87)(H,88,89)/t74-,75+,76+/m0/s1. The quantitative estimate of drug-likeness (QED) is 0.0222. The number of aliphatic hydroxyl groups is 1. The van der Waals surface area contributed by atoms with Crippen LogP contribution in [-0.4, -0.2) is 96.7 Å². The fraction of sp³-hybridized carbons (Fsp3) is 0.950. The minimum Gasteiger partial charge on any atom is -0.462 e. The zero-order valence-corrected chi connectivity index (χ0v) is 66.4. The molecule has 0 aromatic rings. The van der Waals surface area contributed by atoms with Crippen molar-refractivity contribution in [3.63, 3.8) is 0 Å². The second-order valence-electron chi connectivity index (χ2n) is 29.3. The molecule has 19 heteroatoms. The van der Waals surface area contributed by atoms with Crippen molar-refractivity contribution in [2.75, 3.05) is 39.6 Å². The molecule has 99 heavy (non-hydrogen) atoms. The maximum Gasteiger partial charge on any atom is 0.472 e. The molecule has 0 aliphatic carbocycles. The summed E-state index contributed by atoms with van der Waals surface area (Å²) in [7, 11) is -9.91. The van der Waals surface area contributed by atoms with Crippen molar-refractivity contribution in [2.45, 2.75) is 445 Å². The number of phosphoric acid groups is 2. The molecule has 0 aliphatic heterocycles. The lowest BCUT2D eigenvalue weighted by molar-refractivity contribution is -0.161. The minimum absolute atomic E-state index is 0.108. The number of hydrogen-bond acceptors (Lipinski definition) is 15. The van der Waals surface area contributed by atoms with E-state index in [0.717, 1.165) is 95.8 Å². The molecule has 3 N–H and O–H groups in total. The van der Waals surface area contributed by atoms with E-state index in [-0.39, 0.29) is 25.7 Å². The Bertz CT molecular complexity index is 1890. The molecule has 0 aromatic carbocycles. The van der Waals surface area contributed by atoms with Crippen LogP contribution in [-0.2, 0) is 65.4 Å². The lowest BCUT2D eigenvalue weighted by Crippen LogP contribution is -2.30. The number of carbonyl (C=O) groups is 4. The summed E-state index contributed by atoms with van der Waals surface area (Å²) >= 11 is 0. The summed E-state index contributed by atoms with van der Waals surface area (Å²) in [6.45, 7) is 7.32. The number of aliphatic hydroxyl groups excluding tert-OH is 1. The zero-order chi connectivity index (χ0) is 72.7. The molecule has 0 aliphatic rings. The van der Waals surface area contributed by atoms with Crippen LogP contribution >= 0.6 is 15.6 Å². The Morgan fingerprint density at radius 2 is 0.465 bits per heavy atom. The normalized spacial score (nSPS) is 13.9. The topological polar surface area (TPSA) is 237 Å². The van der Waals surface area contributed by atoms with Gasteiger partial charge in [-0.15, -0.1) is 0 Å². The second-order valence-corrected chi connectivity index (χ2v) is 32.2. The van der Waals surface area contributed by atoms with Crippen LogP contribution in [0.25, 0.3) is 0 Å². The number of ether oxygens (including phenoxy) is 4. The zero-order valence-electron chi connectivity index (χ0n) is 64.6. The van der Waals surface area contributed by atoms with Crippen molar-refractivity contribution in [3.05, 3.63) is 0 Å². The highest BCUT2D eigenvalue weighted by Crippen LogP contribution is 2.45. The molecule has 0 heterocycles. The van der Waals surface area contributed by atoms with Gasteiger partial charge < -0.3 is 33.8 Å². The van der Waals surface area contributed by atoms with E-state index in [9.17, 15) is 43.2 Å². The molecule has 0 aromatic heterocycles. The third-order valence-electron chi connectivity index (χ3n) is 18.8. The van der Waals surface area contributed by atoms with Crippen LogP contribution in [0.2, 0.25) is 0 Å². The Morgan fingerprint density at radius 3 is 0.687 bits per heavy atom. The molecule has 5 atom stereocenters. The smallest absolute Gasteiger partial charge is 0.462 e. The van der Waals surface area contributed by atoms with Crippen LogP contribution in [0.15, 0.2) is 0 Å². The maximum atomic E-state index is 13.1. The highest BCUT2D eigenvalue weighted by Gasteiger charge is 2.30. The summed E-state index contributed by atoms with van der Waals surface area (Å²) in [5.41, 5.74) is 0. The average Bonchev–Trinajstić information content (AvgIpc) is 1.28. The average molecular weight is 1450 g/mol. The second kappa shape index (κ2) is 73.0. The fourth-order valence-electron chi connectivity index (χ4n) is 12.4. The summed E-state index contributed by atoms with van der Waals surface area (Å²) in [5, 5.41) is 10.6. The van der Waals surface area contributed by atoms with Crippen LogP contribution in [0, 0.1) is 5.92 Å². The first kappa shape index (κ1) is 97.1. The summed E-state index contributed by atoms with van der Waals surface area (Å²) in [6.07, 6.45) is 63.8. The van der Waals surface area contributed by atoms with E-state index in [1.54, 1.807) is 0 Å². The van der Waals surface area contributed by atoms with Gasteiger partial charge in [-0.2, -0.15) is 0 Å². The third-order valence-corrected chi connectivity index (χ3v) is 20.7. The van der Waals surface area contributed by atoms with Crippen LogP contribution in [0.3, 0.4) is 0 Å². The number of carbonyl (C=O) groups excluding carboxylic acids is 4. The molecule has 0 amide bonds. The van der Waals surface area contributed by atoms with Crippen LogP contribution in [0.4, 0.5) is 0 Å². The molecule has 0 rings (SSSR count). The van der Waals surface area contributed by atoms with Crippen molar-refractivity contribution in [2.24, 2.45) is 5.92 Å². The van der Waals surface area contributed by atoms with Gasteiger partial charge in [0.1, 0.15) is 19.3 Å². The highest BCUT2D eigenvalue weighted by atomic mass is 31.2. The van der Waals surface area contributed by atoms with Gasteiger partial charge in [-0.25, -0.2) is 9.13 Å². The molecule has 2 unspecified atom stereocenters. The molecule has 588 valence electrons. The SMILES string of the molecule is CCCCCCCCCCCCCCCCCCCCCCCC(=O)O[C@H](COC(=O)CCCCCCCCCCCCCCCC(C)C)COP(=O)(O)OC[C@@H](O)COP(=O)(O)OC[C@@H](COC(=O)CCCCCCCCCCC)OC(=O)CCCCCCCCCCCCCCC. The van der Waals surface area contributed by atoms with Gasteiger partial charge in [0.05, 0.1) is 26.4 Å². The molecule has 17 nitrogen and oxygen atoms in total. The Labute approximate surface area is 607 Å². The lowest BCUT2D eigenvalue weighted by atomic mass is 10.0. The van der Waals surface area contributed by atoms with E-state index in [2.05, 4.69) is 34.6 Å². The third kappa shape index (κ3) is 74.1. The Morgan fingerprint density at radius 1 is 0.273 bits per heavy atom. The van der Waals surface area contributed by atoms with Gasteiger partial charge in [0.15, 0.2) is 12.2 Å². The number of esters is 4. The summed E-state index contributed by atoms with van der Waals surface area (Å²) in [4.78, 5) is 72.9. The number of unbranched alkanes of at least 4 members (excludes halogenated alkanes) is 52. The largest absolute Gasteiger partial charge is 0.472 e. The van der Waals surface area contributed by atoms with Crippen molar-refractivity contribution in [3.8, 4) is 0 Å². The molecule has 0 saturated heterocycles. The van der Waals surface area contributed by atoms with E-state index in [4.69, 9.17) is 37.0 Å². The molecule has 0 bridgehead atoms. The number of hydrogen-bond donors (Lipinski definition) is 3. The molecule has 0 radical (unpaired) electrons. The van der Waals surface area contributed by atoms with Gasteiger partial charge in [-0.1, -0.05) is 375 Å². The van der Waals surface area contributed by atoms with Crippen LogP contribution in [0.1, 0.15) is 426 Å². The Hall–Kier alpha value is -1.94.